The van der Waals surface area contributed by atoms with Gasteiger partial charge in [-0.2, -0.15) is 0 Å². The minimum absolute atomic E-state index is 0.0851. The van der Waals surface area contributed by atoms with E-state index in [1.165, 1.54) is 27.8 Å². The van der Waals surface area contributed by atoms with E-state index in [4.69, 9.17) is 6.42 Å². The van der Waals surface area contributed by atoms with Crippen molar-refractivity contribution in [2.45, 2.75) is 33.5 Å². The number of aryl methyl sites for hydroxylation is 2. The minimum atomic E-state index is 0.0851. The SMILES string of the molecule is C#Cc1ccc(CN2CCN(C(=O)/C=C/c3ccccc3)CC2)cc1.Cc1cccc(CN2CCN(C(=O)/C=C/c3ccccc3)CC2)c1.Cc1ccccc1CN1CCN(C(=O)/C=C/c2ccccc2)CC1. The fraction of sp³-hybridized carbons (Fsp3) is 0.266. The standard InChI is InChI=1S/C22H22N2O.2C21H24N2O/c1-2-19-8-10-21(11-9-19)18-23-14-16-24(17-15-23)22(25)13-12-20-6-4-3-5-7-20;1-18-7-5-6-10-20(18)17-22-13-15-23(16-14-22)21(24)12-11-19-8-3-2-4-9-19;1-18-6-5-9-20(16-18)17-22-12-14-23(15-13-22)21(24)11-10-19-7-3-2-4-8-19/h1,3-13H,14-18H2;2-12H,13-17H2,1H3;2-11,16H,12-15,17H2,1H3/b13-12+;12-11+;11-10+. The first kappa shape index (κ1) is 53.2. The van der Waals surface area contributed by atoms with Crippen molar-refractivity contribution in [3.63, 3.8) is 0 Å². The first-order chi connectivity index (χ1) is 35.7. The van der Waals surface area contributed by atoms with Gasteiger partial charge in [0.05, 0.1) is 0 Å². The van der Waals surface area contributed by atoms with Crippen molar-refractivity contribution < 1.29 is 14.4 Å². The van der Waals surface area contributed by atoms with Gasteiger partial charge in [-0.3, -0.25) is 29.1 Å². The summed E-state index contributed by atoms with van der Waals surface area (Å²) >= 11 is 0. The smallest absolute Gasteiger partial charge is 0.246 e. The van der Waals surface area contributed by atoms with Crippen molar-refractivity contribution in [3.05, 3.63) is 232 Å². The van der Waals surface area contributed by atoms with Crippen LogP contribution in [0.3, 0.4) is 0 Å². The predicted molar refractivity (Wildman–Crippen MR) is 299 cm³/mol. The summed E-state index contributed by atoms with van der Waals surface area (Å²) in [5.41, 5.74) is 10.7. The Kier molecular flexibility index (Phi) is 20.7. The third-order valence-electron chi connectivity index (χ3n) is 13.4. The Balaban J connectivity index is 0.000000160. The molecule has 6 aromatic rings. The fourth-order valence-electron chi connectivity index (χ4n) is 8.95. The van der Waals surface area contributed by atoms with Gasteiger partial charge < -0.3 is 14.7 Å². The third kappa shape index (κ3) is 17.9. The van der Waals surface area contributed by atoms with Gasteiger partial charge in [0.25, 0.3) is 0 Å². The van der Waals surface area contributed by atoms with Gasteiger partial charge in [-0.15, -0.1) is 6.42 Å². The predicted octanol–water partition coefficient (Wildman–Crippen LogP) is 9.73. The minimum Gasteiger partial charge on any atom is -0.337 e. The maximum atomic E-state index is 12.3. The molecule has 0 aliphatic carbocycles. The number of benzene rings is 6. The molecule has 3 aliphatic rings. The van der Waals surface area contributed by atoms with Gasteiger partial charge in [0.2, 0.25) is 17.7 Å². The van der Waals surface area contributed by atoms with Crippen molar-refractivity contribution in [3.8, 4) is 12.3 Å². The molecule has 0 unspecified atom stereocenters. The van der Waals surface area contributed by atoms with Crippen LogP contribution in [0.2, 0.25) is 0 Å². The number of rotatable bonds is 12. The van der Waals surface area contributed by atoms with Crippen LogP contribution in [0.15, 0.2) is 182 Å². The van der Waals surface area contributed by atoms with E-state index in [0.29, 0.717) is 0 Å². The normalized spacial score (nSPS) is 15.6. The lowest BCUT2D eigenvalue weighted by Crippen LogP contribution is -2.47. The average Bonchev–Trinajstić information content (AvgIpc) is 3.44. The molecule has 0 radical (unpaired) electrons. The Hall–Kier alpha value is -7.61. The number of carbonyl (C=O) groups is 3. The number of carbonyl (C=O) groups excluding carboxylic acids is 3. The Labute approximate surface area is 434 Å². The Bertz CT molecular complexity index is 2780. The van der Waals surface area contributed by atoms with Gasteiger partial charge in [-0.05, 0) is 83.2 Å². The van der Waals surface area contributed by atoms with Crippen LogP contribution in [-0.4, -0.2) is 126 Å². The topological polar surface area (TPSA) is 70.7 Å². The summed E-state index contributed by atoms with van der Waals surface area (Å²) in [6.45, 7) is 17.3. The van der Waals surface area contributed by atoms with E-state index in [-0.39, 0.29) is 17.7 Å². The van der Waals surface area contributed by atoms with Crippen molar-refractivity contribution in [2.24, 2.45) is 0 Å². The molecule has 3 saturated heterocycles. The van der Waals surface area contributed by atoms with Crippen molar-refractivity contribution >= 4 is 35.9 Å². The van der Waals surface area contributed by atoms with E-state index in [9.17, 15) is 14.4 Å². The average molecular weight is 971 g/mol. The van der Waals surface area contributed by atoms with Gasteiger partial charge in [0.1, 0.15) is 0 Å². The monoisotopic (exact) mass is 971 g/mol. The molecule has 6 aromatic carbocycles. The van der Waals surface area contributed by atoms with Crippen LogP contribution in [0.1, 0.15) is 50.1 Å². The highest BCUT2D eigenvalue weighted by Crippen LogP contribution is 2.16. The molecule has 3 heterocycles. The van der Waals surface area contributed by atoms with E-state index in [1.54, 1.807) is 18.2 Å². The third-order valence-corrected chi connectivity index (χ3v) is 13.4. The van der Waals surface area contributed by atoms with Gasteiger partial charge in [0, 0.05) is 122 Å². The molecule has 9 heteroatoms. The summed E-state index contributed by atoms with van der Waals surface area (Å²) in [6.07, 6.45) is 16.1. The van der Waals surface area contributed by atoms with E-state index in [1.807, 2.05) is 136 Å². The van der Waals surface area contributed by atoms with E-state index < -0.39 is 0 Å². The molecule has 374 valence electrons. The number of piperazine rings is 3. The summed E-state index contributed by atoms with van der Waals surface area (Å²) < 4.78 is 0. The molecular formula is C64H70N6O3. The summed E-state index contributed by atoms with van der Waals surface area (Å²) in [4.78, 5) is 49.9. The molecule has 9 rings (SSSR count). The second-order valence-electron chi connectivity index (χ2n) is 18.8. The molecule has 3 fully saturated rings. The van der Waals surface area contributed by atoms with Gasteiger partial charge >= 0.3 is 0 Å². The van der Waals surface area contributed by atoms with Crippen LogP contribution >= 0.6 is 0 Å². The van der Waals surface area contributed by atoms with Crippen molar-refractivity contribution in [1.82, 2.24) is 29.4 Å². The second kappa shape index (κ2) is 28.4. The summed E-state index contributed by atoms with van der Waals surface area (Å²) in [7, 11) is 0. The summed E-state index contributed by atoms with van der Waals surface area (Å²) in [5.74, 6) is 2.93. The lowest BCUT2D eigenvalue weighted by molar-refractivity contribution is -0.128. The van der Waals surface area contributed by atoms with Crippen LogP contribution in [0.4, 0.5) is 0 Å². The molecule has 9 nitrogen and oxygen atoms in total. The van der Waals surface area contributed by atoms with Crippen LogP contribution in [0, 0.1) is 26.2 Å². The molecule has 0 aromatic heterocycles. The first-order valence-electron chi connectivity index (χ1n) is 25.6. The van der Waals surface area contributed by atoms with Crippen molar-refractivity contribution in [2.75, 3.05) is 78.5 Å². The Morgan fingerprint density at radius 2 is 0.808 bits per heavy atom. The van der Waals surface area contributed by atoms with Crippen LogP contribution < -0.4 is 0 Å². The van der Waals surface area contributed by atoms with E-state index >= 15 is 0 Å². The lowest BCUT2D eigenvalue weighted by atomic mass is 10.1. The highest BCUT2D eigenvalue weighted by molar-refractivity contribution is 5.93. The molecule has 0 spiro atoms. The van der Waals surface area contributed by atoms with Gasteiger partial charge in [0.15, 0.2) is 0 Å². The van der Waals surface area contributed by atoms with E-state index in [2.05, 4.69) is 95.1 Å². The van der Waals surface area contributed by atoms with Crippen LogP contribution in [-0.2, 0) is 34.0 Å². The largest absolute Gasteiger partial charge is 0.337 e. The molecule has 3 amide bonds. The second-order valence-corrected chi connectivity index (χ2v) is 18.8. The summed E-state index contributed by atoms with van der Waals surface area (Å²) in [5, 5.41) is 0. The highest BCUT2D eigenvalue weighted by atomic mass is 16.2. The molecule has 0 saturated carbocycles. The zero-order valence-corrected chi connectivity index (χ0v) is 42.6. The number of hydrogen-bond donors (Lipinski definition) is 0. The summed E-state index contributed by atoms with van der Waals surface area (Å²) in [6, 6.07) is 55.1. The maximum Gasteiger partial charge on any atom is 0.246 e. The molecule has 3 aliphatic heterocycles. The fourth-order valence-corrected chi connectivity index (χ4v) is 8.95. The van der Waals surface area contributed by atoms with E-state index in [0.717, 1.165) is 120 Å². The molecule has 0 bridgehead atoms. The first-order valence-corrected chi connectivity index (χ1v) is 25.6. The quantitative estimate of drug-likeness (QED) is 0.0900. The van der Waals surface area contributed by atoms with Crippen LogP contribution in [0.25, 0.3) is 18.2 Å². The Morgan fingerprint density at radius 3 is 1.21 bits per heavy atom. The lowest BCUT2D eigenvalue weighted by Gasteiger charge is -2.34. The van der Waals surface area contributed by atoms with Crippen LogP contribution in [0.5, 0.6) is 0 Å². The zero-order valence-electron chi connectivity index (χ0n) is 42.6. The Morgan fingerprint density at radius 1 is 0.425 bits per heavy atom. The highest BCUT2D eigenvalue weighted by Gasteiger charge is 2.22. The molecule has 0 N–H and O–H groups in total. The molecule has 73 heavy (non-hydrogen) atoms. The van der Waals surface area contributed by atoms with Gasteiger partial charge in [-0.1, -0.05) is 163 Å². The zero-order chi connectivity index (χ0) is 51.0. The number of terminal acetylenes is 1. The number of hydrogen-bond acceptors (Lipinski definition) is 6. The van der Waals surface area contributed by atoms with Gasteiger partial charge in [-0.25, -0.2) is 0 Å². The number of nitrogens with zero attached hydrogens (tertiary/aromatic N) is 6. The number of amides is 3. The molecule has 0 atom stereocenters. The maximum absolute atomic E-state index is 12.3. The van der Waals surface area contributed by atoms with Crippen molar-refractivity contribution in [1.29, 1.82) is 0 Å². The molecular weight excluding hydrogens is 901 g/mol.